The highest BCUT2D eigenvalue weighted by Gasteiger charge is 2.27. The zero-order valence-corrected chi connectivity index (χ0v) is 22.3. The molecule has 1 aromatic carbocycles. The molecule has 1 saturated heterocycles. The Morgan fingerprint density at radius 3 is 2.54 bits per heavy atom. The molecule has 2 N–H and O–H groups in total. The van der Waals surface area contributed by atoms with Gasteiger partial charge < -0.3 is 14.8 Å². The Kier molecular flexibility index (Phi) is 8.23. The minimum atomic E-state index is -2.55. The maximum atomic E-state index is 15.0. The zero-order chi connectivity index (χ0) is 26.7. The number of alkyl halides is 1. The zero-order valence-electron chi connectivity index (χ0n) is 21.5. The molecule has 3 heterocycles. The van der Waals surface area contributed by atoms with Gasteiger partial charge >= 0.3 is 0 Å². The average molecular weight is 534 g/mol. The summed E-state index contributed by atoms with van der Waals surface area (Å²) in [6, 6.07) is 6.13. The maximum absolute atomic E-state index is 15.0. The van der Waals surface area contributed by atoms with E-state index in [-0.39, 0.29) is 11.5 Å². The Balaban J connectivity index is 1.75. The van der Waals surface area contributed by atoms with Crippen LogP contribution in [0.1, 0.15) is 67.3 Å². The quantitative estimate of drug-likeness (QED) is 0.343. The number of halogens is 2. The molecule has 11 heteroatoms. The van der Waals surface area contributed by atoms with Crippen molar-refractivity contribution in [1.29, 1.82) is 4.78 Å². The summed E-state index contributed by atoms with van der Waals surface area (Å²) in [6.45, 7) is 5.54. The van der Waals surface area contributed by atoms with Crippen LogP contribution in [0.5, 0.6) is 5.88 Å². The molecule has 0 aliphatic carbocycles. The third-order valence-corrected chi connectivity index (χ3v) is 8.45. The van der Waals surface area contributed by atoms with E-state index in [1.165, 1.54) is 13.0 Å². The first-order valence-corrected chi connectivity index (χ1v) is 14.2. The third kappa shape index (κ3) is 6.15. The molecule has 1 aliphatic heterocycles. The average Bonchev–Trinajstić information content (AvgIpc) is 2.84. The van der Waals surface area contributed by atoms with E-state index in [1.807, 2.05) is 6.07 Å². The van der Waals surface area contributed by atoms with Crippen molar-refractivity contribution in [2.75, 3.05) is 37.1 Å². The monoisotopic (exact) mass is 533 g/mol. The summed E-state index contributed by atoms with van der Waals surface area (Å²) < 4.78 is 60.2. The summed E-state index contributed by atoms with van der Waals surface area (Å²) in [5.74, 6) is 1.46. The van der Waals surface area contributed by atoms with Crippen molar-refractivity contribution < 1.29 is 22.5 Å². The van der Waals surface area contributed by atoms with Crippen LogP contribution >= 0.6 is 0 Å². The Morgan fingerprint density at radius 1 is 1.16 bits per heavy atom. The number of aryl methyl sites for hydroxylation is 1. The highest BCUT2D eigenvalue weighted by atomic mass is 32.2. The molecule has 0 saturated carbocycles. The summed E-state index contributed by atoms with van der Waals surface area (Å²) in [4.78, 5) is 13.8. The largest absolute Gasteiger partial charge is 0.475 e. The van der Waals surface area contributed by atoms with Crippen LogP contribution in [0.15, 0.2) is 24.3 Å². The number of aromatic nitrogens is 3. The van der Waals surface area contributed by atoms with Gasteiger partial charge in [0.15, 0.2) is 5.65 Å². The number of nitrogens with one attached hydrogen (secondary N) is 2. The Hall–Kier alpha value is -2.92. The van der Waals surface area contributed by atoms with E-state index in [2.05, 4.69) is 15.3 Å². The highest BCUT2D eigenvalue weighted by molar-refractivity contribution is 7.92. The predicted octanol–water partition coefficient (Wildman–Crippen LogP) is 5.63. The van der Waals surface area contributed by atoms with E-state index in [4.69, 9.17) is 19.2 Å². The van der Waals surface area contributed by atoms with Gasteiger partial charge in [-0.3, -0.25) is 4.78 Å². The van der Waals surface area contributed by atoms with Crippen molar-refractivity contribution in [2.24, 2.45) is 0 Å². The summed E-state index contributed by atoms with van der Waals surface area (Å²) in [7, 11) is -0.965. The summed E-state index contributed by atoms with van der Waals surface area (Å²) >= 11 is 0. The summed E-state index contributed by atoms with van der Waals surface area (Å²) in [5, 5.41) is 3.91. The van der Waals surface area contributed by atoms with E-state index in [0.29, 0.717) is 71.7 Å². The van der Waals surface area contributed by atoms with Crippen LogP contribution in [-0.2, 0) is 14.5 Å². The molecule has 0 radical (unpaired) electrons. The summed E-state index contributed by atoms with van der Waals surface area (Å²) in [5.41, 5.74) is 1.60. The number of benzene rings is 1. The normalized spacial score (nSPS) is 21.5. The Morgan fingerprint density at radius 2 is 1.86 bits per heavy atom. The smallest absolute Gasteiger partial charge is 0.218 e. The molecular weight excluding hydrogens is 500 g/mol. The minimum absolute atomic E-state index is 0.0138. The van der Waals surface area contributed by atoms with Gasteiger partial charge in [-0.2, -0.15) is 4.98 Å². The highest BCUT2D eigenvalue weighted by Crippen LogP contribution is 2.38. The fourth-order valence-corrected chi connectivity index (χ4v) is 6.15. The molecule has 200 valence electrons. The van der Waals surface area contributed by atoms with Gasteiger partial charge in [0.1, 0.15) is 30.2 Å². The van der Waals surface area contributed by atoms with Crippen molar-refractivity contribution in [3.63, 3.8) is 0 Å². The molecule has 8 nitrogen and oxygen atoms in total. The lowest BCUT2D eigenvalue weighted by atomic mass is 9.93. The van der Waals surface area contributed by atoms with Gasteiger partial charge in [0.2, 0.25) is 5.88 Å². The number of hydrogen-bond acceptors (Lipinski definition) is 8. The van der Waals surface area contributed by atoms with Crippen LogP contribution in [0, 0.1) is 17.5 Å². The molecule has 0 spiro atoms. The van der Waals surface area contributed by atoms with Crippen LogP contribution < -0.4 is 10.1 Å². The van der Waals surface area contributed by atoms with Crippen LogP contribution in [-0.4, -0.2) is 51.0 Å². The van der Waals surface area contributed by atoms with Gasteiger partial charge in [-0.05, 0) is 45.6 Å². The maximum Gasteiger partial charge on any atom is 0.218 e. The van der Waals surface area contributed by atoms with Crippen LogP contribution in [0.3, 0.4) is 0 Å². The summed E-state index contributed by atoms with van der Waals surface area (Å²) in [6.07, 6.45) is -0.255. The molecule has 37 heavy (non-hydrogen) atoms. The lowest BCUT2D eigenvalue weighted by molar-refractivity contribution is 0.143. The van der Waals surface area contributed by atoms with E-state index in [0.717, 1.165) is 5.56 Å². The first-order valence-electron chi connectivity index (χ1n) is 12.3. The van der Waals surface area contributed by atoms with E-state index in [9.17, 15) is 8.60 Å². The van der Waals surface area contributed by atoms with Gasteiger partial charge in [-0.15, -0.1) is 0 Å². The lowest BCUT2D eigenvalue weighted by Crippen LogP contribution is -2.22. The first-order chi connectivity index (χ1) is 17.6. The number of fused-ring (bicyclic) bond motifs is 1. The second-order valence-corrected chi connectivity index (χ2v) is 11.9. The SMILES string of the molecule is COCCOc1nc2nc(C)nc(N[C@H](C)c3cccc(C(C)F)c3F)c2cc1C1CCS(=N)(=O)CC1. The number of methoxy groups -OCH3 is 1. The van der Waals surface area contributed by atoms with E-state index in [1.54, 1.807) is 33.1 Å². The molecule has 2 aromatic heterocycles. The topological polar surface area (TPSA) is 110 Å². The molecule has 1 fully saturated rings. The lowest BCUT2D eigenvalue weighted by Gasteiger charge is -2.26. The van der Waals surface area contributed by atoms with Gasteiger partial charge in [0.05, 0.1) is 18.0 Å². The molecule has 0 amide bonds. The molecule has 1 unspecified atom stereocenters. The standard InChI is InChI=1S/C26H33F2N5O3S/c1-15(27)19-6-5-7-20(23(19)28)16(2)30-24-22-14-21(18-8-12-37(29,34)13-9-18)26(36-11-10-35-4)33-25(22)32-17(3)31-24/h5-7,14-16,18,29H,8-13H2,1-4H3,(H,30,31,32,33)/t15?,16-,18?,37?/m1/s1. The molecule has 1 aliphatic rings. The Labute approximate surface area is 216 Å². The fraction of sp³-hybridized carbons (Fsp3) is 0.500. The van der Waals surface area contributed by atoms with Crippen molar-refractivity contribution >= 4 is 26.6 Å². The van der Waals surface area contributed by atoms with Crippen molar-refractivity contribution in [3.05, 3.63) is 52.6 Å². The number of hydrogen-bond donors (Lipinski definition) is 2. The van der Waals surface area contributed by atoms with Gasteiger partial charge in [-0.25, -0.2) is 23.0 Å². The van der Waals surface area contributed by atoms with Crippen molar-refractivity contribution in [3.8, 4) is 5.88 Å². The van der Waals surface area contributed by atoms with Crippen LogP contribution in [0.25, 0.3) is 11.0 Å². The van der Waals surface area contributed by atoms with Gasteiger partial charge in [0, 0.05) is 45.0 Å². The molecular formula is C26H33F2N5O3S. The van der Waals surface area contributed by atoms with Gasteiger partial charge in [-0.1, -0.05) is 18.2 Å². The van der Waals surface area contributed by atoms with Crippen LogP contribution in [0.2, 0.25) is 0 Å². The molecule has 2 atom stereocenters. The van der Waals surface area contributed by atoms with Crippen LogP contribution in [0.4, 0.5) is 14.6 Å². The number of ether oxygens (including phenoxy) is 2. The van der Waals surface area contributed by atoms with Crippen molar-refractivity contribution in [2.45, 2.75) is 51.7 Å². The second-order valence-electron chi connectivity index (χ2n) is 9.44. The number of rotatable bonds is 9. The van der Waals surface area contributed by atoms with E-state index >= 15 is 4.39 Å². The molecule has 3 aromatic rings. The second kappa shape index (κ2) is 11.2. The van der Waals surface area contributed by atoms with Crippen molar-refractivity contribution in [1.82, 2.24) is 15.0 Å². The molecule has 4 rings (SSSR count). The number of nitrogens with zero attached hydrogens (tertiary/aromatic N) is 3. The minimum Gasteiger partial charge on any atom is -0.475 e. The number of anilines is 1. The fourth-order valence-electron chi connectivity index (χ4n) is 4.62. The third-order valence-electron chi connectivity index (χ3n) is 6.66. The first kappa shape index (κ1) is 27.1. The number of pyridine rings is 1. The predicted molar refractivity (Wildman–Crippen MR) is 140 cm³/mol. The van der Waals surface area contributed by atoms with Gasteiger partial charge in [0.25, 0.3) is 0 Å². The molecule has 0 bridgehead atoms. The Bertz CT molecular complexity index is 1370. The van der Waals surface area contributed by atoms with E-state index < -0.39 is 27.8 Å².